The van der Waals surface area contributed by atoms with Crippen LogP contribution in [0, 0.1) is 12.7 Å². The highest BCUT2D eigenvalue weighted by Gasteiger charge is 2.12. The molecule has 1 atom stereocenters. The lowest BCUT2D eigenvalue weighted by molar-refractivity contribution is 0.412. The molecule has 0 aliphatic rings. The quantitative estimate of drug-likeness (QED) is 0.885. The summed E-state index contributed by atoms with van der Waals surface area (Å²) in [5, 5.41) is 12.5. The fourth-order valence-electron chi connectivity index (χ4n) is 2.16. The number of phenolic OH excluding ortho intramolecular Hbond substituents is 1. The normalized spacial score (nSPS) is 12.0. The maximum atomic E-state index is 13.8. The number of hydrogen-bond donors (Lipinski definition) is 2. The zero-order valence-corrected chi connectivity index (χ0v) is 11.8. The van der Waals surface area contributed by atoms with Crippen LogP contribution >= 0.6 is 0 Å². The standard InChI is InChI=1S/C16H18FNO2/c1-10-8-12(4-7-16(10)20-3)18-11(2)14-6-5-13(19)9-15(14)17/h4-9,11,18-19H,1-3H3. The number of hydrogen-bond acceptors (Lipinski definition) is 3. The first-order valence-corrected chi connectivity index (χ1v) is 6.41. The second-order valence-electron chi connectivity index (χ2n) is 4.76. The van der Waals surface area contributed by atoms with Crippen LogP contribution in [0.2, 0.25) is 0 Å². The number of aromatic hydroxyl groups is 1. The molecule has 4 heteroatoms. The molecular weight excluding hydrogens is 257 g/mol. The lowest BCUT2D eigenvalue weighted by Gasteiger charge is -2.17. The monoisotopic (exact) mass is 275 g/mol. The smallest absolute Gasteiger partial charge is 0.132 e. The minimum atomic E-state index is -0.421. The molecule has 20 heavy (non-hydrogen) atoms. The molecule has 0 amide bonds. The second kappa shape index (κ2) is 5.82. The van der Waals surface area contributed by atoms with Gasteiger partial charge in [0.1, 0.15) is 17.3 Å². The van der Waals surface area contributed by atoms with Crippen molar-refractivity contribution in [3.05, 3.63) is 53.3 Å². The van der Waals surface area contributed by atoms with Crippen molar-refractivity contribution in [3.63, 3.8) is 0 Å². The van der Waals surface area contributed by atoms with Crippen molar-refractivity contribution in [1.82, 2.24) is 0 Å². The van der Waals surface area contributed by atoms with E-state index in [1.165, 1.54) is 6.07 Å². The first kappa shape index (κ1) is 14.2. The van der Waals surface area contributed by atoms with Gasteiger partial charge in [-0.25, -0.2) is 4.39 Å². The van der Waals surface area contributed by atoms with Crippen LogP contribution in [-0.4, -0.2) is 12.2 Å². The number of methoxy groups -OCH3 is 1. The summed E-state index contributed by atoms with van der Waals surface area (Å²) in [5.74, 6) is 0.327. The molecule has 0 aliphatic heterocycles. The Morgan fingerprint density at radius 1 is 1.20 bits per heavy atom. The summed E-state index contributed by atoms with van der Waals surface area (Å²) in [7, 11) is 1.63. The molecule has 0 saturated carbocycles. The Bertz CT molecular complexity index is 613. The van der Waals surface area contributed by atoms with Gasteiger partial charge in [0.25, 0.3) is 0 Å². The van der Waals surface area contributed by atoms with E-state index >= 15 is 0 Å². The number of ether oxygens (including phenoxy) is 1. The summed E-state index contributed by atoms with van der Waals surface area (Å²) in [4.78, 5) is 0. The molecule has 2 N–H and O–H groups in total. The topological polar surface area (TPSA) is 41.5 Å². The first-order valence-electron chi connectivity index (χ1n) is 6.41. The minimum Gasteiger partial charge on any atom is -0.508 e. The summed E-state index contributed by atoms with van der Waals surface area (Å²) < 4.78 is 19.0. The van der Waals surface area contributed by atoms with Crippen LogP contribution in [0.25, 0.3) is 0 Å². The van der Waals surface area contributed by atoms with E-state index in [-0.39, 0.29) is 11.8 Å². The van der Waals surface area contributed by atoms with Gasteiger partial charge in [0.2, 0.25) is 0 Å². The Kier molecular flexibility index (Phi) is 4.13. The van der Waals surface area contributed by atoms with Gasteiger partial charge in [0, 0.05) is 17.3 Å². The summed E-state index contributed by atoms with van der Waals surface area (Å²) in [6.45, 7) is 3.82. The van der Waals surface area contributed by atoms with Gasteiger partial charge in [0.05, 0.1) is 13.2 Å². The zero-order chi connectivity index (χ0) is 14.7. The average Bonchev–Trinajstić information content (AvgIpc) is 2.38. The van der Waals surface area contributed by atoms with Gasteiger partial charge in [-0.3, -0.25) is 0 Å². The Morgan fingerprint density at radius 3 is 2.55 bits per heavy atom. The Labute approximate surface area is 118 Å². The molecule has 106 valence electrons. The van der Waals surface area contributed by atoms with Crippen LogP contribution in [0.4, 0.5) is 10.1 Å². The lowest BCUT2D eigenvalue weighted by atomic mass is 10.1. The molecule has 3 nitrogen and oxygen atoms in total. The third-order valence-electron chi connectivity index (χ3n) is 3.23. The highest BCUT2D eigenvalue weighted by Crippen LogP contribution is 2.27. The van der Waals surface area contributed by atoms with E-state index in [0.29, 0.717) is 5.56 Å². The van der Waals surface area contributed by atoms with E-state index in [0.717, 1.165) is 23.1 Å². The van der Waals surface area contributed by atoms with Gasteiger partial charge in [0.15, 0.2) is 0 Å². The van der Waals surface area contributed by atoms with Gasteiger partial charge in [-0.2, -0.15) is 0 Å². The molecule has 0 aliphatic carbocycles. The van der Waals surface area contributed by atoms with Crippen molar-refractivity contribution in [2.75, 3.05) is 12.4 Å². The summed E-state index contributed by atoms with van der Waals surface area (Å²) in [5.41, 5.74) is 2.41. The van der Waals surface area contributed by atoms with Crippen molar-refractivity contribution in [1.29, 1.82) is 0 Å². The van der Waals surface area contributed by atoms with E-state index < -0.39 is 5.82 Å². The predicted octanol–water partition coefficient (Wildman–Crippen LogP) is 4.02. The highest BCUT2D eigenvalue weighted by molar-refractivity contribution is 5.52. The molecule has 0 radical (unpaired) electrons. The van der Waals surface area contributed by atoms with Gasteiger partial charge in [-0.05, 0) is 43.7 Å². The molecule has 0 aromatic heterocycles. The van der Waals surface area contributed by atoms with Crippen molar-refractivity contribution in [2.45, 2.75) is 19.9 Å². The van der Waals surface area contributed by atoms with Crippen LogP contribution in [0.5, 0.6) is 11.5 Å². The van der Waals surface area contributed by atoms with Crippen molar-refractivity contribution >= 4 is 5.69 Å². The molecule has 0 heterocycles. The molecule has 0 bridgehead atoms. The van der Waals surface area contributed by atoms with E-state index in [9.17, 15) is 9.50 Å². The fraction of sp³-hybridized carbons (Fsp3) is 0.250. The molecule has 2 rings (SSSR count). The van der Waals surface area contributed by atoms with Gasteiger partial charge < -0.3 is 15.2 Å². The van der Waals surface area contributed by atoms with Gasteiger partial charge in [-0.1, -0.05) is 6.07 Å². The number of anilines is 1. The largest absolute Gasteiger partial charge is 0.508 e. The number of aryl methyl sites for hydroxylation is 1. The van der Waals surface area contributed by atoms with Crippen molar-refractivity contribution in [3.8, 4) is 11.5 Å². The molecule has 0 saturated heterocycles. The van der Waals surface area contributed by atoms with E-state index in [2.05, 4.69) is 5.32 Å². The Morgan fingerprint density at radius 2 is 1.95 bits per heavy atom. The van der Waals surface area contributed by atoms with Gasteiger partial charge in [-0.15, -0.1) is 0 Å². The summed E-state index contributed by atoms with van der Waals surface area (Å²) in [6.07, 6.45) is 0. The summed E-state index contributed by atoms with van der Waals surface area (Å²) >= 11 is 0. The number of rotatable bonds is 4. The zero-order valence-electron chi connectivity index (χ0n) is 11.8. The SMILES string of the molecule is COc1ccc(NC(C)c2ccc(O)cc2F)cc1C. The predicted molar refractivity (Wildman–Crippen MR) is 77.8 cm³/mol. The minimum absolute atomic E-state index is 0.0706. The molecule has 0 spiro atoms. The van der Waals surface area contributed by atoms with Gasteiger partial charge >= 0.3 is 0 Å². The highest BCUT2D eigenvalue weighted by atomic mass is 19.1. The number of phenols is 1. The molecule has 0 fully saturated rings. The van der Waals surface area contributed by atoms with Crippen molar-refractivity contribution in [2.24, 2.45) is 0 Å². The number of halogens is 1. The first-order chi connectivity index (χ1) is 9.51. The average molecular weight is 275 g/mol. The van der Waals surface area contributed by atoms with E-state index in [1.54, 1.807) is 13.2 Å². The van der Waals surface area contributed by atoms with E-state index in [1.807, 2.05) is 32.0 Å². The molecule has 2 aromatic rings. The number of benzene rings is 2. The number of nitrogens with one attached hydrogen (secondary N) is 1. The third kappa shape index (κ3) is 3.02. The maximum absolute atomic E-state index is 13.8. The van der Waals surface area contributed by atoms with E-state index in [4.69, 9.17) is 4.74 Å². The maximum Gasteiger partial charge on any atom is 0.132 e. The van der Waals surface area contributed by atoms with Crippen molar-refractivity contribution < 1.29 is 14.2 Å². The van der Waals surface area contributed by atoms with Crippen LogP contribution in [-0.2, 0) is 0 Å². The molecular formula is C16H18FNO2. The fourth-order valence-corrected chi connectivity index (χ4v) is 2.16. The third-order valence-corrected chi connectivity index (χ3v) is 3.23. The summed E-state index contributed by atoms with van der Waals surface area (Å²) in [6, 6.07) is 9.69. The molecule has 1 unspecified atom stereocenters. The van der Waals surface area contributed by atoms with Crippen LogP contribution in [0.1, 0.15) is 24.1 Å². The Balaban J connectivity index is 2.18. The van der Waals surface area contributed by atoms with Crippen LogP contribution in [0.3, 0.4) is 0 Å². The second-order valence-corrected chi connectivity index (χ2v) is 4.76. The lowest BCUT2D eigenvalue weighted by Crippen LogP contribution is -2.08. The van der Waals surface area contributed by atoms with Crippen LogP contribution < -0.4 is 10.1 Å². The Hall–Kier alpha value is -2.23. The van der Waals surface area contributed by atoms with Crippen LogP contribution in [0.15, 0.2) is 36.4 Å². The molecule has 2 aromatic carbocycles.